The molecule has 0 radical (unpaired) electrons. The van der Waals surface area contributed by atoms with Crippen LogP contribution in [-0.2, 0) is 5.54 Å². The Morgan fingerprint density at radius 1 is 1.40 bits per heavy atom. The zero-order valence-electron chi connectivity index (χ0n) is 9.76. The van der Waals surface area contributed by atoms with Gasteiger partial charge in [-0.05, 0) is 30.9 Å². The van der Waals surface area contributed by atoms with Crippen molar-refractivity contribution in [3.8, 4) is 0 Å². The number of hydrogen-bond acceptors (Lipinski definition) is 1. The van der Waals surface area contributed by atoms with Crippen LogP contribution in [0.4, 0.5) is 0 Å². The Balaban J connectivity index is 2.90. The third kappa shape index (κ3) is 3.22. The monoisotopic (exact) mass is 225 g/mol. The zero-order chi connectivity index (χ0) is 11.5. The Labute approximate surface area is 97.6 Å². The Morgan fingerprint density at radius 3 is 2.53 bits per heavy atom. The van der Waals surface area contributed by atoms with E-state index in [-0.39, 0.29) is 5.54 Å². The minimum absolute atomic E-state index is 0.326. The molecule has 0 aliphatic rings. The fourth-order valence-corrected chi connectivity index (χ4v) is 2.25. The predicted octanol–water partition coefficient (Wildman–Crippen LogP) is 3.95. The SMILES string of the molecule is CCC(C)CC(C)(N)c1ccccc1Cl. The van der Waals surface area contributed by atoms with E-state index < -0.39 is 0 Å². The molecular weight excluding hydrogens is 206 g/mol. The van der Waals surface area contributed by atoms with Gasteiger partial charge < -0.3 is 5.73 Å². The van der Waals surface area contributed by atoms with Crippen LogP contribution in [0.1, 0.15) is 39.2 Å². The van der Waals surface area contributed by atoms with Crippen LogP contribution in [0.15, 0.2) is 24.3 Å². The maximum atomic E-state index is 6.33. The molecule has 1 rings (SSSR count). The summed E-state index contributed by atoms with van der Waals surface area (Å²) in [5, 5.41) is 0.769. The van der Waals surface area contributed by atoms with Gasteiger partial charge in [0, 0.05) is 10.6 Å². The molecule has 0 aromatic heterocycles. The first-order valence-electron chi connectivity index (χ1n) is 5.51. The Kier molecular flexibility index (Phi) is 4.18. The van der Waals surface area contributed by atoms with Gasteiger partial charge in [0.05, 0.1) is 0 Å². The van der Waals surface area contributed by atoms with Gasteiger partial charge in [-0.25, -0.2) is 0 Å². The van der Waals surface area contributed by atoms with Gasteiger partial charge >= 0.3 is 0 Å². The van der Waals surface area contributed by atoms with Crippen molar-refractivity contribution in [1.82, 2.24) is 0 Å². The van der Waals surface area contributed by atoms with Crippen molar-refractivity contribution < 1.29 is 0 Å². The highest BCUT2D eigenvalue weighted by molar-refractivity contribution is 6.31. The Morgan fingerprint density at radius 2 is 2.00 bits per heavy atom. The van der Waals surface area contributed by atoms with E-state index in [1.165, 1.54) is 0 Å². The van der Waals surface area contributed by atoms with Gasteiger partial charge in [0.25, 0.3) is 0 Å². The quantitative estimate of drug-likeness (QED) is 0.825. The maximum absolute atomic E-state index is 6.33. The van der Waals surface area contributed by atoms with Crippen LogP contribution in [0.3, 0.4) is 0 Å². The van der Waals surface area contributed by atoms with Gasteiger partial charge in [0.1, 0.15) is 0 Å². The first-order valence-corrected chi connectivity index (χ1v) is 5.89. The van der Waals surface area contributed by atoms with Crippen molar-refractivity contribution in [2.75, 3.05) is 0 Å². The molecule has 0 saturated carbocycles. The molecule has 2 N–H and O–H groups in total. The molecule has 0 amide bonds. The number of halogens is 1. The average Bonchev–Trinajstić information content (AvgIpc) is 2.17. The van der Waals surface area contributed by atoms with Crippen molar-refractivity contribution in [2.24, 2.45) is 11.7 Å². The highest BCUT2D eigenvalue weighted by Crippen LogP contribution is 2.31. The molecule has 2 heteroatoms. The lowest BCUT2D eigenvalue weighted by Crippen LogP contribution is -2.35. The first kappa shape index (κ1) is 12.5. The van der Waals surface area contributed by atoms with Gasteiger partial charge in [-0.15, -0.1) is 0 Å². The lowest BCUT2D eigenvalue weighted by atomic mass is 9.83. The fourth-order valence-electron chi connectivity index (χ4n) is 1.90. The van der Waals surface area contributed by atoms with E-state index in [2.05, 4.69) is 20.8 Å². The van der Waals surface area contributed by atoms with Crippen molar-refractivity contribution in [3.05, 3.63) is 34.9 Å². The molecule has 1 aromatic rings. The molecule has 1 aromatic carbocycles. The summed E-state index contributed by atoms with van der Waals surface area (Å²) >= 11 is 6.16. The van der Waals surface area contributed by atoms with Crippen molar-refractivity contribution in [3.63, 3.8) is 0 Å². The molecule has 2 unspecified atom stereocenters. The van der Waals surface area contributed by atoms with E-state index in [1.54, 1.807) is 0 Å². The number of rotatable bonds is 4. The topological polar surface area (TPSA) is 26.0 Å². The van der Waals surface area contributed by atoms with Crippen LogP contribution in [0, 0.1) is 5.92 Å². The molecule has 0 aliphatic carbocycles. The highest BCUT2D eigenvalue weighted by atomic mass is 35.5. The lowest BCUT2D eigenvalue weighted by Gasteiger charge is -2.29. The Hall–Kier alpha value is -0.530. The van der Waals surface area contributed by atoms with Gasteiger partial charge in [0.2, 0.25) is 0 Å². The van der Waals surface area contributed by atoms with Gasteiger partial charge in [-0.2, -0.15) is 0 Å². The highest BCUT2D eigenvalue weighted by Gasteiger charge is 2.25. The minimum atomic E-state index is -0.326. The van der Waals surface area contributed by atoms with Crippen LogP contribution < -0.4 is 5.73 Å². The summed E-state index contributed by atoms with van der Waals surface area (Å²) < 4.78 is 0. The standard InChI is InChI=1S/C13H20ClN/c1-4-10(2)9-13(3,15)11-7-5-6-8-12(11)14/h5-8,10H,4,9,15H2,1-3H3. The molecule has 0 spiro atoms. The molecule has 0 heterocycles. The van der Waals surface area contributed by atoms with E-state index in [9.17, 15) is 0 Å². The summed E-state index contributed by atoms with van der Waals surface area (Å²) in [6.45, 7) is 6.47. The first-order chi connectivity index (χ1) is 6.97. The molecule has 84 valence electrons. The van der Waals surface area contributed by atoms with Gasteiger partial charge in [-0.1, -0.05) is 50.1 Å². The normalized spacial score (nSPS) is 17.1. The molecular formula is C13H20ClN. The van der Waals surface area contributed by atoms with Crippen molar-refractivity contribution in [1.29, 1.82) is 0 Å². The predicted molar refractivity (Wildman–Crippen MR) is 67.1 cm³/mol. The number of nitrogens with two attached hydrogens (primary N) is 1. The van der Waals surface area contributed by atoms with Crippen molar-refractivity contribution in [2.45, 2.75) is 39.2 Å². The second-order valence-electron chi connectivity index (χ2n) is 4.61. The molecule has 0 fully saturated rings. The maximum Gasteiger partial charge on any atom is 0.0456 e. The summed E-state index contributed by atoms with van der Waals surface area (Å²) in [5.41, 5.74) is 7.05. The van der Waals surface area contributed by atoms with Gasteiger partial charge in [0.15, 0.2) is 0 Å². The number of hydrogen-bond donors (Lipinski definition) is 1. The van der Waals surface area contributed by atoms with Crippen LogP contribution >= 0.6 is 11.6 Å². The zero-order valence-corrected chi connectivity index (χ0v) is 10.5. The number of benzene rings is 1. The third-order valence-corrected chi connectivity index (χ3v) is 3.29. The van der Waals surface area contributed by atoms with E-state index in [0.717, 1.165) is 23.4 Å². The second-order valence-corrected chi connectivity index (χ2v) is 5.02. The molecule has 0 saturated heterocycles. The summed E-state index contributed by atoms with van der Waals surface area (Å²) in [6, 6.07) is 7.84. The fraction of sp³-hybridized carbons (Fsp3) is 0.538. The lowest BCUT2D eigenvalue weighted by molar-refractivity contribution is 0.356. The Bertz CT molecular complexity index is 320. The molecule has 15 heavy (non-hydrogen) atoms. The summed E-state index contributed by atoms with van der Waals surface area (Å²) in [4.78, 5) is 0. The molecule has 1 nitrogen and oxygen atoms in total. The van der Waals surface area contributed by atoms with Crippen LogP contribution in [0.5, 0.6) is 0 Å². The molecule has 2 atom stereocenters. The second kappa shape index (κ2) is 5.00. The molecule has 0 aliphatic heterocycles. The van der Waals surface area contributed by atoms with Gasteiger partial charge in [-0.3, -0.25) is 0 Å². The third-order valence-electron chi connectivity index (χ3n) is 2.96. The van der Waals surface area contributed by atoms with Crippen molar-refractivity contribution >= 4 is 11.6 Å². The van der Waals surface area contributed by atoms with E-state index in [4.69, 9.17) is 17.3 Å². The summed E-state index contributed by atoms with van der Waals surface area (Å²) in [7, 11) is 0. The van der Waals surface area contributed by atoms with Crippen LogP contribution in [-0.4, -0.2) is 0 Å². The average molecular weight is 226 g/mol. The van der Waals surface area contributed by atoms with E-state index in [0.29, 0.717) is 5.92 Å². The van der Waals surface area contributed by atoms with Crippen LogP contribution in [0.25, 0.3) is 0 Å². The smallest absolute Gasteiger partial charge is 0.0456 e. The van der Waals surface area contributed by atoms with E-state index in [1.807, 2.05) is 24.3 Å². The summed E-state index contributed by atoms with van der Waals surface area (Å²) in [5.74, 6) is 0.622. The van der Waals surface area contributed by atoms with E-state index >= 15 is 0 Å². The van der Waals surface area contributed by atoms with Crippen LogP contribution in [0.2, 0.25) is 5.02 Å². The summed E-state index contributed by atoms with van der Waals surface area (Å²) in [6.07, 6.45) is 2.12. The molecule has 0 bridgehead atoms. The minimum Gasteiger partial charge on any atom is -0.322 e. The largest absolute Gasteiger partial charge is 0.322 e.